The van der Waals surface area contributed by atoms with E-state index >= 15 is 0 Å². The zero-order valence-corrected chi connectivity index (χ0v) is 11.4. The Morgan fingerprint density at radius 2 is 2.45 bits per heavy atom. The number of aromatic nitrogens is 1. The van der Waals surface area contributed by atoms with Crippen molar-refractivity contribution in [2.45, 2.75) is 6.54 Å². The number of halogens is 1. The fourth-order valence-corrected chi connectivity index (χ4v) is 1.83. The van der Waals surface area contributed by atoms with Crippen LogP contribution >= 0.6 is 11.6 Å². The summed E-state index contributed by atoms with van der Waals surface area (Å²) >= 11 is 5.72. The number of nitrogens with one attached hydrogen (secondary N) is 1. The highest BCUT2D eigenvalue weighted by Crippen LogP contribution is 2.11. The van der Waals surface area contributed by atoms with Crippen LogP contribution in [0.1, 0.15) is 5.56 Å². The van der Waals surface area contributed by atoms with E-state index in [-0.39, 0.29) is 5.96 Å². The number of rotatable bonds is 4. The van der Waals surface area contributed by atoms with Crippen LogP contribution in [0.15, 0.2) is 23.4 Å². The minimum Gasteiger partial charge on any atom is -0.336 e. The molecule has 0 aliphatic carbocycles. The summed E-state index contributed by atoms with van der Waals surface area (Å²) in [7, 11) is 1.53. The number of hydrazone groups is 1. The minimum atomic E-state index is -0.738. The Hall–Kier alpha value is -1.97. The first-order valence-electron chi connectivity index (χ1n) is 5.70. The molecular formula is C10H13ClN6O3. The van der Waals surface area contributed by atoms with Gasteiger partial charge in [-0.1, -0.05) is 17.7 Å². The highest BCUT2D eigenvalue weighted by Gasteiger charge is 2.24. The van der Waals surface area contributed by atoms with Crippen molar-refractivity contribution in [1.82, 2.24) is 20.3 Å². The second-order valence-electron chi connectivity index (χ2n) is 3.99. The average molecular weight is 301 g/mol. The van der Waals surface area contributed by atoms with E-state index in [4.69, 9.17) is 16.4 Å². The van der Waals surface area contributed by atoms with Gasteiger partial charge in [-0.15, -0.1) is 0 Å². The van der Waals surface area contributed by atoms with Crippen molar-refractivity contribution in [3.63, 3.8) is 0 Å². The molecule has 1 saturated heterocycles. The van der Waals surface area contributed by atoms with E-state index in [0.717, 1.165) is 5.56 Å². The number of hydrogen-bond acceptors (Lipinski definition) is 5. The van der Waals surface area contributed by atoms with Gasteiger partial charge in [0, 0.05) is 12.7 Å². The summed E-state index contributed by atoms with van der Waals surface area (Å²) < 4.78 is 0. The van der Waals surface area contributed by atoms with E-state index in [9.17, 15) is 10.1 Å². The van der Waals surface area contributed by atoms with E-state index < -0.39 is 5.03 Å². The van der Waals surface area contributed by atoms with Crippen LogP contribution in [0.25, 0.3) is 0 Å². The second-order valence-corrected chi connectivity index (χ2v) is 4.38. The lowest BCUT2D eigenvalue weighted by Gasteiger charge is -2.35. The molecule has 0 atom stereocenters. The molecule has 2 heterocycles. The normalized spacial score (nSPS) is 18.1. The number of nitro groups is 1. The Bertz CT molecular complexity index is 508. The summed E-state index contributed by atoms with van der Waals surface area (Å²) in [5.74, 6) is 0.179. The summed E-state index contributed by atoms with van der Waals surface area (Å²) in [6.45, 7) is 1.06. The summed E-state index contributed by atoms with van der Waals surface area (Å²) in [5.41, 5.74) is 0.852. The molecule has 0 saturated carbocycles. The van der Waals surface area contributed by atoms with Crippen LogP contribution in [0.2, 0.25) is 5.15 Å². The fourth-order valence-electron chi connectivity index (χ4n) is 1.72. The Balaban J connectivity index is 2.14. The van der Waals surface area contributed by atoms with Gasteiger partial charge in [0.1, 0.15) is 16.9 Å². The Labute approximate surface area is 119 Å². The summed E-state index contributed by atoms with van der Waals surface area (Å²) in [6, 6.07) is 3.46. The molecule has 20 heavy (non-hydrogen) atoms. The van der Waals surface area contributed by atoms with E-state index in [2.05, 4.69) is 15.4 Å². The largest absolute Gasteiger partial charge is 0.336 e. The molecule has 108 valence electrons. The number of hydroxylamine groups is 2. The number of guanidine groups is 1. The van der Waals surface area contributed by atoms with Crippen LogP contribution in [0.4, 0.5) is 0 Å². The van der Waals surface area contributed by atoms with E-state index in [1.165, 1.54) is 7.11 Å². The number of nitrogens with zero attached hydrogens (tertiary/aromatic N) is 5. The lowest BCUT2D eigenvalue weighted by atomic mass is 10.3. The molecule has 0 radical (unpaired) electrons. The molecule has 1 aromatic heterocycles. The Morgan fingerprint density at radius 3 is 3.05 bits per heavy atom. The molecule has 1 N–H and O–H groups in total. The first kappa shape index (κ1) is 14.4. The van der Waals surface area contributed by atoms with Crippen molar-refractivity contribution in [2.24, 2.45) is 5.10 Å². The molecule has 9 nitrogen and oxygen atoms in total. The first-order chi connectivity index (χ1) is 9.58. The maximum Gasteiger partial charge on any atom is 0.273 e. The fraction of sp³-hybridized carbons (Fsp3) is 0.400. The molecule has 2 rings (SSSR count). The van der Waals surface area contributed by atoms with Crippen molar-refractivity contribution in [3.8, 4) is 0 Å². The zero-order valence-electron chi connectivity index (χ0n) is 10.7. The van der Waals surface area contributed by atoms with Crippen molar-refractivity contribution >= 4 is 17.6 Å². The summed E-state index contributed by atoms with van der Waals surface area (Å²) in [4.78, 5) is 21.3. The van der Waals surface area contributed by atoms with E-state index in [1.54, 1.807) is 28.3 Å². The highest BCUT2D eigenvalue weighted by molar-refractivity contribution is 6.29. The van der Waals surface area contributed by atoms with Crippen molar-refractivity contribution in [2.75, 3.05) is 20.4 Å². The predicted molar refractivity (Wildman–Crippen MR) is 70.9 cm³/mol. The van der Waals surface area contributed by atoms with Crippen LogP contribution in [0, 0.1) is 10.1 Å². The highest BCUT2D eigenvalue weighted by atomic mass is 35.5. The van der Waals surface area contributed by atoms with Crippen molar-refractivity contribution < 1.29 is 9.87 Å². The molecular weight excluding hydrogens is 288 g/mol. The molecule has 0 amide bonds. The van der Waals surface area contributed by atoms with Crippen LogP contribution < -0.4 is 5.32 Å². The van der Waals surface area contributed by atoms with Gasteiger partial charge in [-0.3, -0.25) is 4.84 Å². The average Bonchev–Trinajstić information content (AvgIpc) is 2.42. The lowest BCUT2D eigenvalue weighted by Crippen LogP contribution is -2.56. The maximum absolute atomic E-state index is 10.5. The zero-order chi connectivity index (χ0) is 14.5. The molecule has 10 heteroatoms. The lowest BCUT2D eigenvalue weighted by molar-refractivity contribution is -0.486. The predicted octanol–water partition coefficient (Wildman–Crippen LogP) is 0.466. The second kappa shape index (κ2) is 6.46. The third-order valence-electron chi connectivity index (χ3n) is 2.64. The molecule has 1 aliphatic heterocycles. The topological polar surface area (TPSA) is 96.1 Å². The van der Waals surface area contributed by atoms with Crippen LogP contribution in [-0.4, -0.2) is 46.4 Å². The van der Waals surface area contributed by atoms with Gasteiger partial charge in [0.05, 0.1) is 13.8 Å². The van der Waals surface area contributed by atoms with Gasteiger partial charge in [0.25, 0.3) is 5.96 Å². The van der Waals surface area contributed by atoms with Crippen molar-refractivity contribution in [1.29, 1.82) is 0 Å². The third kappa shape index (κ3) is 3.76. The van der Waals surface area contributed by atoms with Gasteiger partial charge < -0.3 is 10.2 Å². The monoisotopic (exact) mass is 300 g/mol. The molecule has 1 aliphatic rings. The van der Waals surface area contributed by atoms with Gasteiger partial charge in [0.15, 0.2) is 5.03 Å². The Kier molecular flexibility index (Phi) is 4.66. The smallest absolute Gasteiger partial charge is 0.273 e. The molecule has 1 fully saturated rings. The molecule has 0 bridgehead atoms. The first-order valence-corrected chi connectivity index (χ1v) is 6.07. The van der Waals surface area contributed by atoms with Gasteiger partial charge in [-0.25, -0.2) is 15.1 Å². The van der Waals surface area contributed by atoms with Gasteiger partial charge in [-0.05, 0) is 11.6 Å². The minimum absolute atomic E-state index is 0.179. The van der Waals surface area contributed by atoms with E-state index in [0.29, 0.717) is 25.0 Å². The summed E-state index contributed by atoms with van der Waals surface area (Å²) in [5, 5.41) is 17.9. The third-order valence-corrected chi connectivity index (χ3v) is 2.86. The van der Waals surface area contributed by atoms with Crippen molar-refractivity contribution in [3.05, 3.63) is 39.2 Å². The van der Waals surface area contributed by atoms with Crippen LogP contribution in [0.3, 0.4) is 0 Å². The van der Waals surface area contributed by atoms with E-state index in [1.807, 2.05) is 0 Å². The maximum atomic E-state index is 10.5. The van der Waals surface area contributed by atoms with Gasteiger partial charge in [0.2, 0.25) is 0 Å². The van der Waals surface area contributed by atoms with Gasteiger partial charge >= 0.3 is 0 Å². The number of hydrogen-bond donors (Lipinski definition) is 1. The molecule has 0 spiro atoms. The van der Waals surface area contributed by atoms with Crippen LogP contribution in [0.5, 0.6) is 0 Å². The number of pyridine rings is 1. The molecule has 1 aromatic rings. The summed E-state index contributed by atoms with van der Waals surface area (Å²) in [6.07, 6.45) is 1.61. The standard InChI is InChI=1S/C10H13ClN6O3/c1-20-16-6-13-10(14-17(18)19)15(7-16)5-8-2-3-9(11)12-4-8/h2-4H,5-7H2,1H3,(H,13,14). The molecule has 0 aromatic carbocycles. The van der Waals surface area contributed by atoms with Crippen LogP contribution in [-0.2, 0) is 11.4 Å². The quantitative estimate of drug-likeness (QED) is 0.490. The Morgan fingerprint density at radius 1 is 1.65 bits per heavy atom. The SMILES string of the molecule is CON1CNC(=N[N+](=O)[O-])N(Cc2ccc(Cl)nc2)C1. The van der Waals surface area contributed by atoms with Gasteiger partial charge in [-0.2, -0.15) is 5.06 Å². The molecule has 0 unspecified atom stereocenters.